The van der Waals surface area contributed by atoms with Crippen LogP contribution >= 0.6 is 0 Å². The maximum atomic E-state index is 13.0. The van der Waals surface area contributed by atoms with Gasteiger partial charge in [-0.2, -0.15) is 0 Å². The van der Waals surface area contributed by atoms with Crippen molar-refractivity contribution in [3.8, 4) is 5.75 Å². The number of nitrogens with zero attached hydrogens (tertiary/aromatic N) is 1. The van der Waals surface area contributed by atoms with E-state index in [-0.39, 0.29) is 12.6 Å². The number of urea groups is 1. The summed E-state index contributed by atoms with van der Waals surface area (Å²) in [4.78, 5) is 27.2. The van der Waals surface area contributed by atoms with Crippen molar-refractivity contribution in [2.24, 2.45) is 0 Å². The molecule has 2 aromatic rings. The summed E-state index contributed by atoms with van der Waals surface area (Å²) in [6.45, 7) is 4.36. The Balaban J connectivity index is 2.25. The second kappa shape index (κ2) is 8.61. The molecule has 0 unspecified atom stereocenters. The summed E-state index contributed by atoms with van der Waals surface area (Å²) in [5, 5.41) is 2.92. The van der Waals surface area contributed by atoms with Gasteiger partial charge in [0.05, 0.1) is 30.5 Å². The Morgan fingerprint density at radius 3 is 2.39 bits per heavy atom. The van der Waals surface area contributed by atoms with Gasteiger partial charge in [-0.1, -0.05) is 48.5 Å². The van der Waals surface area contributed by atoms with Gasteiger partial charge in [0.15, 0.2) is 0 Å². The van der Waals surface area contributed by atoms with Crippen LogP contribution in [0.15, 0.2) is 60.2 Å². The van der Waals surface area contributed by atoms with E-state index in [4.69, 9.17) is 9.47 Å². The molecule has 1 heterocycles. The number of hydrogen-bond donors (Lipinski definition) is 1. The summed E-state index contributed by atoms with van der Waals surface area (Å²) in [6.07, 6.45) is 0. The summed E-state index contributed by atoms with van der Waals surface area (Å²) < 4.78 is 11.1. The Kier molecular flexibility index (Phi) is 5.99. The summed E-state index contributed by atoms with van der Waals surface area (Å²) in [5.41, 5.74) is 2.38. The smallest absolute Gasteiger partial charge is 0.338 e. The number of carbonyl (C=O) groups is 2. The molecule has 0 saturated heterocycles. The van der Waals surface area contributed by atoms with Crippen LogP contribution < -0.4 is 10.1 Å². The van der Waals surface area contributed by atoms with E-state index in [0.717, 1.165) is 5.56 Å². The number of ether oxygens (including phenoxy) is 2. The molecule has 2 amide bonds. The molecule has 28 heavy (non-hydrogen) atoms. The second-order valence-electron chi connectivity index (χ2n) is 6.26. The zero-order valence-electron chi connectivity index (χ0n) is 16.3. The van der Waals surface area contributed by atoms with Gasteiger partial charge in [0.2, 0.25) is 0 Å². The van der Waals surface area contributed by atoms with Crippen LogP contribution in [0.2, 0.25) is 0 Å². The summed E-state index contributed by atoms with van der Waals surface area (Å²) in [6, 6.07) is 15.8. The maximum absolute atomic E-state index is 13.0. The number of hydrogen-bond acceptors (Lipinski definition) is 4. The average molecular weight is 380 g/mol. The highest BCUT2D eigenvalue weighted by Gasteiger charge is 2.38. The number of para-hydroxylation sites is 1. The fraction of sp³-hybridized carbons (Fsp3) is 0.273. The first-order valence-electron chi connectivity index (χ1n) is 9.31. The largest absolute Gasteiger partial charge is 0.494 e. The predicted molar refractivity (Wildman–Crippen MR) is 107 cm³/mol. The van der Waals surface area contributed by atoms with Crippen LogP contribution in [0, 0.1) is 0 Å². The topological polar surface area (TPSA) is 67.9 Å². The molecule has 6 heteroatoms. The minimum absolute atomic E-state index is 0.238. The SMILES string of the molecule is CCOC(=O)C1=C(c2ccccc2)N(C)C(=O)N[C@@H]1c1ccccc1OCC. The summed E-state index contributed by atoms with van der Waals surface area (Å²) >= 11 is 0. The quantitative estimate of drug-likeness (QED) is 0.775. The third-order valence-corrected chi connectivity index (χ3v) is 4.52. The maximum Gasteiger partial charge on any atom is 0.338 e. The van der Waals surface area contributed by atoms with E-state index in [9.17, 15) is 9.59 Å². The molecule has 146 valence electrons. The van der Waals surface area contributed by atoms with Gasteiger partial charge in [0, 0.05) is 12.6 Å². The molecule has 1 aliphatic rings. The van der Waals surface area contributed by atoms with Gasteiger partial charge in [-0.25, -0.2) is 9.59 Å². The van der Waals surface area contributed by atoms with Gasteiger partial charge in [0.1, 0.15) is 5.75 Å². The van der Waals surface area contributed by atoms with E-state index in [1.165, 1.54) is 4.90 Å². The van der Waals surface area contributed by atoms with E-state index in [2.05, 4.69) is 5.32 Å². The van der Waals surface area contributed by atoms with Crippen LogP contribution in [-0.2, 0) is 9.53 Å². The summed E-state index contributed by atoms with van der Waals surface area (Å²) in [5.74, 6) is 0.151. The first kappa shape index (κ1) is 19.5. The molecule has 0 saturated carbocycles. The molecule has 1 N–H and O–H groups in total. The van der Waals surface area contributed by atoms with Crippen molar-refractivity contribution in [2.75, 3.05) is 20.3 Å². The van der Waals surface area contributed by atoms with E-state index < -0.39 is 12.0 Å². The van der Waals surface area contributed by atoms with Crippen molar-refractivity contribution in [1.29, 1.82) is 0 Å². The Morgan fingerprint density at radius 2 is 1.71 bits per heavy atom. The first-order chi connectivity index (χ1) is 13.6. The number of esters is 1. The van der Waals surface area contributed by atoms with E-state index >= 15 is 0 Å². The van der Waals surface area contributed by atoms with Crippen LogP contribution in [0.3, 0.4) is 0 Å². The average Bonchev–Trinajstić information content (AvgIpc) is 2.71. The Bertz CT molecular complexity index is 892. The van der Waals surface area contributed by atoms with Crippen molar-refractivity contribution < 1.29 is 19.1 Å². The minimum atomic E-state index is -0.680. The molecule has 0 radical (unpaired) electrons. The molecule has 1 atom stereocenters. The monoisotopic (exact) mass is 380 g/mol. The molecular weight excluding hydrogens is 356 g/mol. The minimum Gasteiger partial charge on any atom is -0.494 e. The normalized spacial score (nSPS) is 16.6. The molecule has 0 spiro atoms. The molecule has 1 aliphatic heterocycles. The number of rotatable bonds is 6. The standard InChI is InChI=1S/C22H24N2O4/c1-4-27-17-14-10-9-13-16(17)19-18(21(25)28-5-2)20(24(3)22(26)23-19)15-11-7-6-8-12-15/h6-14,19H,4-5H2,1-3H3,(H,23,26)/t19-/m1/s1. The molecular formula is C22H24N2O4. The summed E-state index contributed by atoms with van der Waals surface area (Å²) in [7, 11) is 1.64. The van der Waals surface area contributed by atoms with Gasteiger partial charge in [-0.15, -0.1) is 0 Å². The second-order valence-corrected chi connectivity index (χ2v) is 6.26. The molecule has 3 rings (SSSR count). The van der Waals surface area contributed by atoms with Gasteiger partial charge >= 0.3 is 12.0 Å². The van der Waals surface area contributed by atoms with Gasteiger partial charge in [-0.05, 0) is 25.5 Å². The molecule has 2 aromatic carbocycles. The number of benzene rings is 2. The Morgan fingerprint density at radius 1 is 1.04 bits per heavy atom. The lowest BCUT2D eigenvalue weighted by Gasteiger charge is -2.35. The molecule has 0 fully saturated rings. The third-order valence-electron chi connectivity index (χ3n) is 4.52. The Hall–Kier alpha value is -3.28. The lowest BCUT2D eigenvalue weighted by atomic mass is 9.91. The van der Waals surface area contributed by atoms with Crippen molar-refractivity contribution in [2.45, 2.75) is 19.9 Å². The van der Waals surface area contributed by atoms with Crippen LogP contribution in [0.4, 0.5) is 4.79 Å². The Labute approximate surface area is 164 Å². The van der Waals surface area contributed by atoms with Gasteiger partial charge < -0.3 is 14.8 Å². The number of carbonyl (C=O) groups excluding carboxylic acids is 2. The fourth-order valence-electron chi connectivity index (χ4n) is 3.32. The third kappa shape index (κ3) is 3.71. The van der Waals surface area contributed by atoms with Crippen molar-refractivity contribution in [1.82, 2.24) is 10.2 Å². The highest BCUT2D eigenvalue weighted by molar-refractivity contribution is 6.04. The zero-order chi connectivity index (χ0) is 20.1. The molecule has 0 aliphatic carbocycles. The van der Waals surface area contributed by atoms with Gasteiger partial charge in [0.25, 0.3) is 0 Å². The van der Waals surface area contributed by atoms with E-state index in [0.29, 0.717) is 29.2 Å². The zero-order valence-corrected chi connectivity index (χ0v) is 16.3. The van der Waals surface area contributed by atoms with Crippen LogP contribution in [0.5, 0.6) is 5.75 Å². The number of amides is 2. The van der Waals surface area contributed by atoms with Crippen LogP contribution in [-0.4, -0.2) is 37.2 Å². The van der Waals surface area contributed by atoms with Crippen LogP contribution in [0.1, 0.15) is 31.0 Å². The van der Waals surface area contributed by atoms with Crippen LogP contribution in [0.25, 0.3) is 5.70 Å². The van der Waals surface area contributed by atoms with Crippen molar-refractivity contribution in [3.63, 3.8) is 0 Å². The number of nitrogens with one attached hydrogen (secondary N) is 1. The highest BCUT2D eigenvalue weighted by Crippen LogP contribution is 2.38. The van der Waals surface area contributed by atoms with E-state index in [1.807, 2.05) is 61.5 Å². The fourth-order valence-corrected chi connectivity index (χ4v) is 3.32. The molecule has 6 nitrogen and oxygen atoms in total. The van der Waals surface area contributed by atoms with E-state index in [1.54, 1.807) is 14.0 Å². The first-order valence-corrected chi connectivity index (χ1v) is 9.31. The van der Waals surface area contributed by atoms with Gasteiger partial charge in [-0.3, -0.25) is 4.90 Å². The lowest BCUT2D eigenvalue weighted by molar-refractivity contribution is -0.138. The molecule has 0 aromatic heterocycles. The molecule has 0 bridgehead atoms. The predicted octanol–water partition coefficient (Wildman–Crippen LogP) is 3.76. The lowest BCUT2D eigenvalue weighted by Crippen LogP contribution is -2.46. The van der Waals surface area contributed by atoms with Crippen molar-refractivity contribution in [3.05, 3.63) is 71.3 Å². The van der Waals surface area contributed by atoms with Crippen molar-refractivity contribution >= 4 is 17.7 Å². The highest BCUT2D eigenvalue weighted by atomic mass is 16.5.